The van der Waals surface area contributed by atoms with Gasteiger partial charge < -0.3 is 9.47 Å². The largest absolute Gasteiger partial charge is 0.466 e. The van der Waals surface area contributed by atoms with E-state index < -0.39 is 0 Å². The Kier molecular flexibility index (Phi) is 5.43. The van der Waals surface area contributed by atoms with Gasteiger partial charge in [0.25, 0.3) is 0 Å². The second-order valence-electron chi connectivity index (χ2n) is 5.45. The maximum absolute atomic E-state index is 10.8. The minimum absolute atomic E-state index is 0.225. The average molecular weight is 342 g/mol. The number of benzene rings is 2. The quantitative estimate of drug-likeness (QED) is 0.365. The summed E-state index contributed by atoms with van der Waals surface area (Å²) in [5.74, 6) is 0.606. The van der Waals surface area contributed by atoms with Gasteiger partial charge >= 0.3 is 11.2 Å². The lowest BCUT2D eigenvalue weighted by molar-refractivity contribution is -0.671. The second kappa shape index (κ2) is 7.93. The molecule has 0 aliphatic heterocycles. The third kappa shape index (κ3) is 4.11. The number of unbranched alkanes of at least 4 members (excludes halogenated alkanes) is 1. The van der Waals surface area contributed by atoms with Crippen molar-refractivity contribution >= 4 is 27.5 Å². The van der Waals surface area contributed by atoms with Gasteiger partial charge in [0.1, 0.15) is 10.4 Å². The zero-order valence-electron chi connectivity index (χ0n) is 13.6. The van der Waals surface area contributed by atoms with E-state index in [1.165, 1.54) is 17.1 Å². The third-order valence-corrected chi connectivity index (χ3v) is 4.65. The van der Waals surface area contributed by atoms with Crippen molar-refractivity contribution in [3.63, 3.8) is 0 Å². The van der Waals surface area contributed by atoms with Gasteiger partial charge in [-0.2, -0.15) is 0 Å². The number of hydrogen-bond donors (Lipinski definition) is 0. The molecule has 1 aromatic heterocycles. The highest BCUT2D eigenvalue weighted by Crippen LogP contribution is 2.29. The molecule has 24 heavy (non-hydrogen) atoms. The number of para-hydroxylation sites is 2. The van der Waals surface area contributed by atoms with Crippen LogP contribution in [0.5, 0.6) is 10.9 Å². The molecule has 0 saturated heterocycles. The molecule has 124 valence electrons. The summed E-state index contributed by atoms with van der Waals surface area (Å²) in [6, 6.07) is 18.1. The van der Waals surface area contributed by atoms with Crippen LogP contribution in [-0.2, 0) is 16.1 Å². The Hall–Kier alpha value is -2.40. The number of hydrogen-bond acceptors (Lipinski definition) is 4. The number of aromatic nitrogens is 1. The molecule has 0 saturated carbocycles. The van der Waals surface area contributed by atoms with Crippen LogP contribution >= 0.6 is 11.3 Å². The highest BCUT2D eigenvalue weighted by Gasteiger charge is 2.22. The fraction of sp³-hybridized carbons (Fsp3) is 0.263. The van der Waals surface area contributed by atoms with E-state index in [4.69, 9.17) is 9.47 Å². The smallest absolute Gasteiger partial charge is 0.436 e. The van der Waals surface area contributed by atoms with Crippen LogP contribution in [0.3, 0.4) is 0 Å². The van der Waals surface area contributed by atoms with Crippen molar-refractivity contribution in [1.82, 2.24) is 0 Å². The molecule has 0 bridgehead atoms. The molecule has 0 amide bonds. The Morgan fingerprint density at radius 2 is 1.79 bits per heavy atom. The molecule has 0 spiro atoms. The number of carbonyl (C=O) groups excluding carboxylic acids is 1. The maximum Gasteiger partial charge on any atom is 0.436 e. The zero-order valence-corrected chi connectivity index (χ0v) is 14.4. The third-order valence-electron chi connectivity index (χ3n) is 3.60. The second-order valence-corrected chi connectivity index (χ2v) is 6.44. The normalized spacial score (nSPS) is 10.7. The summed E-state index contributed by atoms with van der Waals surface area (Å²) in [5, 5.41) is 0.870. The SMILES string of the molecule is CC(=O)OCCCC[n+]1c(Oc2ccccc2)sc2ccccc21. The lowest BCUT2D eigenvalue weighted by atomic mass is 10.3. The molecule has 3 aromatic rings. The first-order chi connectivity index (χ1) is 11.7. The first kappa shape index (κ1) is 16.5. The van der Waals surface area contributed by atoms with Crippen LogP contribution in [-0.4, -0.2) is 12.6 Å². The summed E-state index contributed by atoms with van der Waals surface area (Å²) >= 11 is 1.64. The van der Waals surface area contributed by atoms with E-state index in [1.807, 2.05) is 42.5 Å². The van der Waals surface area contributed by atoms with Crippen LogP contribution in [0.4, 0.5) is 0 Å². The number of ether oxygens (including phenoxy) is 2. The maximum atomic E-state index is 10.8. The van der Waals surface area contributed by atoms with Gasteiger partial charge in [-0.25, -0.2) is 0 Å². The average Bonchev–Trinajstić information content (AvgIpc) is 2.93. The number of nitrogens with zero attached hydrogens (tertiary/aromatic N) is 1. The van der Waals surface area contributed by atoms with Gasteiger partial charge in [-0.15, -0.1) is 4.57 Å². The van der Waals surface area contributed by atoms with Gasteiger partial charge in [-0.3, -0.25) is 4.79 Å². The molecule has 3 rings (SSSR count). The number of carbonyl (C=O) groups is 1. The van der Waals surface area contributed by atoms with Crippen molar-refractivity contribution in [3.8, 4) is 10.9 Å². The molecule has 0 unspecified atom stereocenters. The molecule has 1 heterocycles. The molecule has 5 heteroatoms. The predicted octanol–water partition coefficient (Wildman–Crippen LogP) is 4.32. The molecule has 0 fully saturated rings. The van der Waals surface area contributed by atoms with Crippen LogP contribution < -0.4 is 9.30 Å². The zero-order chi connectivity index (χ0) is 16.8. The van der Waals surface area contributed by atoms with Crippen LogP contribution in [0.15, 0.2) is 54.6 Å². The van der Waals surface area contributed by atoms with Crippen molar-refractivity contribution in [2.24, 2.45) is 0 Å². The predicted molar refractivity (Wildman–Crippen MR) is 94.4 cm³/mol. The fourth-order valence-corrected chi connectivity index (χ4v) is 3.53. The van der Waals surface area contributed by atoms with E-state index in [-0.39, 0.29) is 5.97 Å². The summed E-state index contributed by atoms with van der Waals surface area (Å²) < 4.78 is 14.5. The van der Waals surface area contributed by atoms with Gasteiger partial charge in [0.05, 0.1) is 6.61 Å². The van der Waals surface area contributed by atoms with Gasteiger partial charge in [0.2, 0.25) is 5.52 Å². The first-order valence-electron chi connectivity index (χ1n) is 8.01. The topological polar surface area (TPSA) is 39.4 Å². The molecule has 2 aromatic carbocycles. The summed E-state index contributed by atoms with van der Waals surface area (Å²) in [6.45, 7) is 2.73. The number of aryl methyl sites for hydroxylation is 1. The molecule has 4 nitrogen and oxygen atoms in total. The summed E-state index contributed by atoms with van der Waals surface area (Å²) in [5.41, 5.74) is 1.17. The molecule has 0 N–H and O–H groups in total. The summed E-state index contributed by atoms with van der Waals surface area (Å²) in [4.78, 5) is 10.8. The van der Waals surface area contributed by atoms with Gasteiger partial charge in [0.15, 0.2) is 6.54 Å². The Balaban J connectivity index is 1.76. The van der Waals surface area contributed by atoms with Gasteiger partial charge in [0, 0.05) is 19.4 Å². The molecule has 0 atom stereocenters. The molecule has 0 aliphatic carbocycles. The van der Waals surface area contributed by atoms with E-state index in [1.54, 1.807) is 11.3 Å². The Morgan fingerprint density at radius 1 is 1.04 bits per heavy atom. The number of thiazole rings is 1. The minimum atomic E-state index is -0.225. The lowest BCUT2D eigenvalue weighted by Crippen LogP contribution is -2.33. The highest BCUT2D eigenvalue weighted by atomic mass is 32.1. The van der Waals surface area contributed by atoms with E-state index in [9.17, 15) is 4.79 Å². The van der Waals surface area contributed by atoms with Crippen LogP contribution in [0.1, 0.15) is 19.8 Å². The molecular weight excluding hydrogens is 322 g/mol. The monoisotopic (exact) mass is 342 g/mol. The van der Waals surface area contributed by atoms with Crippen LogP contribution in [0.25, 0.3) is 10.2 Å². The van der Waals surface area contributed by atoms with E-state index >= 15 is 0 Å². The molecular formula is C19H20NO3S+. The van der Waals surface area contributed by atoms with E-state index in [2.05, 4.69) is 16.7 Å². The molecule has 0 radical (unpaired) electrons. The number of fused-ring (bicyclic) bond motifs is 1. The van der Waals surface area contributed by atoms with Gasteiger partial charge in [-0.1, -0.05) is 30.3 Å². The summed E-state index contributed by atoms with van der Waals surface area (Å²) in [7, 11) is 0. The first-order valence-corrected chi connectivity index (χ1v) is 8.83. The van der Waals surface area contributed by atoms with Crippen molar-refractivity contribution in [2.75, 3.05) is 6.61 Å². The van der Waals surface area contributed by atoms with Crippen molar-refractivity contribution in [3.05, 3.63) is 54.6 Å². The lowest BCUT2D eigenvalue weighted by Gasteiger charge is -2.03. The minimum Gasteiger partial charge on any atom is -0.466 e. The van der Waals surface area contributed by atoms with E-state index in [0.29, 0.717) is 6.61 Å². The highest BCUT2D eigenvalue weighted by molar-refractivity contribution is 7.19. The van der Waals surface area contributed by atoms with Gasteiger partial charge in [-0.05, 0) is 36.0 Å². The van der Waals surface area contributed by atoms with Crippen molar-refractivity contribution in [2.45, 2.75) is 26.3 Å². The van der Waals surface area contributed by atoms with E-state index in [0.717, 1.165) is 30.3 Å². The Morgan fingerprint density at radius 3 is 2.58 bits per heavy atom. The Bertz CT molecular complexity index is 814. The summed E-state index contributed by atoms with van der Waals surface area (Å²) in [6.07, 6.45) is 1.76. The van der Waals surface area contributed by atoms with Crippen molar-refractivity contribution in [1.29, 1.82) is 0 Å². The molecule has 0 aliphatic rings. The standard InChI is InChI=1S/C19H20NO3S/c1-15(21)22-14-8-7-13-20-17-11-5-6-12-18(17)24-19(20)23-16-9-3-2-4-10-16/h2-6,9-12H,7-8,13-14H2,1H3/q+1. The number of esters is 1. The number of rotatable bonds is 7. The fourth-order valence-electron chi connectivity index (χ4n) is 2.48. The van der Waals surface area contributed by atoms with Crippen molar-refractivity contribution < 1.29 is 18.8 Å². The van der Waals surface area contributed by atoms with Crippen LogP contribution in [0.2, 0.25) is 0 Å². The van der Waals surface area contributed by atoms with Crippen LogP contribution in [0, 0.1) is 0 Å². The Labute approximate surface area is 145 Å².